The molecule has 2 atom stereocenters. The van der Waals surface area contributed by atoms with Gasteiger partial charge in [-0.25, -0.2) is 4.98 Å². The lowest BCUT2D eigenvalue weighted by Gasteiger charge is -2.16. The molecule has 0 spiro atoms. The summed E-state index contributed by atoms with van der Waals surface area (Å²) in [4.78, 5) is 16.9. The summed E-state index contributed by atoms with van der Waals surface area (Å²) in [7, 11) is 1.64. The van der Waals surface area contributed by atoms with Crippen LogP contribution in [0, 0.1) is 6.92 Å². The molecule has 1 saturated heterocycles. The minimum absolute atomic E-state index is 0.0420. The van der Waals surface area contributed by atoms with E-state index in [1.807, 2.05) is 6.07 Å². The maximum absolute atomic E-state index is 13.0. The number of ether oxygens (including phenoxy) is 2. The molecule has 4 rings (SSSR count). The van der Waals surface area contributed by atoms with Gasteiger partial charge in [0.2, 0.25) is 0 Å². The minimum Gasteiger partial charge on any atom is -0.403 e. The van der Waals surface area contributed by atoms with Gasteiger partial charge in [-0.3, -0.25) is 4.79 Å². The number of methoxy groups -OCH3 is 1. The third kappa shape index (κ3) is 4.67. The van der Waals surface area contributed by atoms with Crippen molar-refractivity contribution in [2.24, 2.45) is 0 Å². The van der Waals surface area contributed by atoms with Crippen molar-refractivity contribution in [1.29, 1.82) is 0 Å². The predicted octanol–water partition coefficient (Wildman–Crippen LogP) is 3.43. The lowest BCUT2D eigenvalue weighted by atomic mass is 10.0. The molecule has 9 heteroatoms. The summed E-state index contributed by atoms with van der Waals surface area (Å²) in [6.07, 6.45) is -2.06. The molecule has 1 amide bonds. The molecule has 1 aromatic heterocycles. The molecule has 1 aromatic carbocycles. The summed E-state index contributed by atoms with van der Waals surface area (Å²) < 4.78 is 48.5. The molecule has 2 aliphatic rings. The fourth-order valence-corrected chi connectivity index (χ4v) is 3.88. The first-order chi connectivity index (χ1) is 14.2. The molecule has 2 aromatic rings. The van der Waals surface area contributed by atoms with E-state index >= 15 is 0 Å². The van der Waals surface area contributed by atoms with Crippen LogP contribution in [-0.4, -0.2) is 49.6 Å². The highest BCUT2D eigenvalue weighted by Gasteiger charge is 2.34. The second kappa shape index (κ2) is 8.03. The Morgan fingerprint density at radius 3 is 2.70 bits per heavy atom. The van der Waals surface area contributed by atoms with Gasteiger partial charge in [-0.05, 0) is 61.4 Å². The molecule has 0 bridgehead atoms. The number of halogens is 3. The van der Waals surface area contributed by atoms with Crippen molar-refractivity contribution >= 4 is 16.8 Å². The van der Waals surface area contributed by atoms with Gasteiger partial charge in [-0.2, -0.15) is 0 Å². The lowest BCUT2D eigenvalue weighted by Crippen LogP contribution is -2.37. The summed E-state index contributed by atoms with van der Waals surface area (Å²) >= 11 is 0. The fraction of sp³-hybridized carbons (Fsp3) is 0.524. The number of rotatable bonds is 6. The number of nitrogens with zero attached hydrogens (tertiary/aromatic N) is 1. The van der Waals surface area contributed by atoms with Crippen LogP contribution in [0.15, 0.2) is 18.2 Å². The number of aromatic nitrogens is 1. The van der Waals surface area contributed by atoms with Gasteiger partial charge in [0.25, 0.3) is 5.91 Å². The van der Waals surface area contributed by atoms with Gasteiger partial charge in [0.1, 0.15) is 11.2 Å². The first-order valence-electron chi connectivity index (χ1n) is 9.99. The van der Waals surface area contributed by atoms with Crippen LogP contribution in [0.4, 0.5) is 13.2 Å². The summed E-state index contributed by atoms with van der Waals surface area (Å²) in [5, 5.41) is 6.63. The smallest absolute Gasteiger partial charge is 0.403 e. The third-order valence-electron chi connectivity index (χ3n) is 5.64. The summed E-state index contributed by atoms with van der Waals surface area (Å²) in [6, 6.07) is 4.93. The standard InChI is InChI=1S/C21H24F3N3O3/c1-11-5-17(20(28)26-9-14-8-15(29-2)10-25-14)27-19-16(11)6-13(12-3-4-12)7-18(19)30-21(22,23)24/h5-7,12,14-15,25H,3-4,8-10H2,1-2H3,(H,26,28)/t14-,15+/m0/s1. The second-order valence-electron chi connectivity index (χ2n) is 7.97. The number of hydrogen-bond donors (Lipinski definition) is 2. The SMILES string of the molecule is CO[C@H]1CN[C@H](CNC(=O)c2cc(C)c3cc(C4CC4)cc(OC(F)(F)F)c3n2)C1. The van der Waals surface area contributed by atoms with E-state index in [1.165, 1.54) is 6.07 Å². The molecule has 2 fully saturated rings. The molecule has 0 unspecified atom stereocenters. The maximum atomic E-state index is 13.0. The Morgan fingerprint density at radius 2 is 2.07 bits per heavy atom. The highest BCUT2D eigenvalue weighted by atomic mass is 19.4. The van der Waals surface area contributed by atoms with Gasteiger partial charge in [-0.1, -0.05) is 0 Å². The molecule has 1 saturated carbocycles. The average Bonchev–Trinajstić information content (AvgIpc) is 3.43. The number of carbonyl (C=O) groups is 1. The molecule has 1 aliphatic carbocycles. The largest absolute Gasteiger partial charge is 0.573 e. The van der Waals surface area contributed by atoms with Crippen LogP contribution in [-0.2, 0) is 4.74 Å². The Hall–Kier alpha value is -2.39. The van der Waals surface area contributed by atoms with Crippen LogP contribution in [0.25, 0.3) is 10.9 Å². The second-order valence-corrected chi connectivity index (χ2v) is 7.97. The first-order valence-corrected chi connectivity index (χ1v) is 9.99. The first kappa shape index (κ1) is 20.9. The summed E-state index contributed by atoms with van der Waals surface area (Å²) in [5.74, 6) is -0.547. The number of aryl methyl sites for hydroxylation is 1. The number of alkyl halides is 3. The summed E-state index contributed by atoms with van der Waals surface area (Å²) in [6.45, 7) is 2.85. The molecule has 0 radical (unpaired) electrons. The number of benzene rings is 1. The number of nitrogens with one attached hydrogen (secondary N) is 2. The van der Waals surface area contributed by atoms with E-state index in [1.54, 1.807) is 20.1 Å². The Balaban J connectivity index is 1.60. The van der Waals surface area contributed by atoms with E-state index in [0.29, 0.717) is 24.0 Å². The average molecular weight is 423 g/mol. The van der Waals surface area contributed by atoms with Crippen LogP contribution in [0.5, 0.6) is 5.75 Å². The zero-order chi connectivity index (χ0) is 21.5. The van der Waals surface area contributed by atoms with Gasteiger partial charge < -0.3 is 20.1 Å². The highest BCUT2D eigenvalue weighted by Crippen LogP contribution is 2.44. The third-order valence-corrected chi connectivity index (χ3v) is 5.64. The Kier molecular flexibility index (Phi) is 5.59. The van der Waals surface area contributed by atoms with Crippen molar-refractivity contribution in [3.63, 3.8) is 0 Å². The van der Waals surface area contributed by atoms with Crippen LogP contribution in [0.2, 0.25) is 0 Å². The van der Waals surface area contributed by atoms with Crippen molar-refractivity contribution in [3.05, 3.63) is 35.0 Å². The quantitative estimate of drug-likeness (QED) is 0.745. The van der Waals surface area contributed by atoms with Crippen molar-refractivity contribution in [2.45, 2.75) is 50.6 Å². The van der Waals surface area contributed by atoms with Gasteiger partial charge in [0.05, 0.1) is 6.10 Å². The van der Waals surface area contributed by atoms with Crippen LogP contribution in [0.3, 0.4) is 0 Å². The van der Waals surface area contributed by atoms with Gasteiger partial charge in [0.15, 0.2) is 5.75 Å². The molecule has 1 aliphatic heterocycles. The normalized spacial score (nSPS) is 21.8. The Bertz CT molecular complexity index is 960. The number of fused-ring (bicyclic) bond motifs is 1. The molecule has 2 N–H and O–H groups in total. The molecule has 2 heterocycles. The minimum atomic E-state index is -4.84. The molecular weight excluding hydrogens is 399 g/mol. The zero-order valence-corrected chi connectivity index (χ0v) is 16.8. The van der Waals surface area contributed by atoms with E-state index in [2.05, 4.69) is 20.4 Å². The number of carbonyl (C=O) groups excluding carboxylic acids is 1. The van der Waals surface area contributed by atoms with E-state index in [0.717, 1.165) is 24.8 Å². The van der Waals surface area contributed by atoms with Crippen LogP contribution < -0.4 is 15.4 Å². The van der Waals surface area contributed by atoms with Crippen molar-refractivity contribution in [1.82, 2.24) is 15.6 Å². The Labute approximate surface area is 172 Å². The van der Waals surface area contributed by atoms with E-state index in [4.69, 9.17) is 4.74 Å². The lowest BCUT2D eigenvalue weighted by molar-refractivity contribution is -0.274. The maximum Gasteiger partial charge on any atom is 0.573 e. The van der Waals surface area contributed by atoms with Gasteiger partial charge in [-0.15, -0.1) is 13.2 Å². The van der Waals surface area contributed by atoms with Crippen molar-refractivity contribution in [2.75, 3.05) is 20.2 Å². The number of pyridine rings is 1. The zero-order valence-electron chi connectivity index (χ0n) is 16.8. The molecule has 6 nitrogen and oxygen atoms in total. The van der Waals surface area contributed by atoms with Crippen LogP contribution in [0.1, 0.15) is 46.8 Å². The molecule has 30 heavy (non-hydrogen) atoms. The highest BCUT2D eigenvalue weighted by molar-refractivity contribution is 5.97. The summed E-state index contributed by atoms with van der Waals surface area (Å²) in [5.41, 5.74) is 1.59. The Morgan fingerprint density at radius 1 is 1.30 bits per heavy atom. The van der Waals surface area contributed by atoms with E-state index in [9.17, 15) is 18.0 Å². The monoisotopic (exact) mass is 423 g/mol. The van der Waals surface area contributed by atoms with Crippen LogP contribution >= 0.6 is 0 Å². The molecule has 162 valence electrons. The van der Waals surface area contributed by atoms with Gasteiger partial charge >= 0.3 is 6.36 Å². The number of hydrogen-bond acceptors (Lipinski definition) is 5. The van der Waals surface area contributed by atoms with E-state index < -0.39 is 12.3 Å². The number of amides is 1. The fourth-order valence-electron chi connectivity index (χ4n) is 3.88. The van der Waals surface area contributed by atoms with Crippen molar-refractivity contribution in [3.8, 4) is 5.75 Å². The predicted molar refractivity (Wildman–Crippen MR) is 105 cm³/mol. The topological polar surface area (TPSA) is 72.5 Å². The van der Waals surface area contributed by atoms with E-state index in [-0.39, 0.29) is 35.0 Å². The molecular formula is C21H24F3N3O3. The van der Waals surface area contributed by atoms with Gasteiger partial charge in [0, 0.05) is 31.6 Å². The van der Waals surface area contributed by atoms with Crippen molar-refractivity contribution < 1.29 is 27.4 Å².